The van der Waals surface area contributed by atoms with E-state index in [1.54, 1.807) is 7.11 Å². The molecule has 1 aromatic carbocycles. The fourth-order valence-electron chi connectivity index (χ4n) is 2.63. The van der Waals surface area contributed by atoms with Gasteiger partial charge in [-0.2, -0.15) is 0 Å². The van der Waals surface area contributed by atoms with E-state index in [1.165, 1.54) is 6.42 Å². The molecule has 1 amide bonds. The molecular formula is C16H25ClN2O2. The van der Waals surface area contributed by atoms with Crippen LogP contribution in [0.1, 0.15) is 24.8 Å². The van der Waals surface area contributed by atoms with Gasteiger partial charge >= 0.3 is 0 Å². The van der Waals surface area contributed by atoms with Crippen molar-refractivity contribution in [3.63, 3.8) is 0 Å². The highest BCUT2D eigenvalue weighted by Gasteiger charge is 2.15. The summed E-state index contributed by atoms with van der Waals surface area (Å²) in [7, 11) is 1.67. The van der Waals surface area contributed by atoms with Crippen LogP contribution in [0.4, 0.5) is 0 Å². The van der Waals surface area contributed by atoms with Crippen LogP contribution in [-0.2, 0) is 11.2 Å². The van der Waals surface area contributed by atoms with Gasteiger partial charge in [0.25, 0.3) is 0 Å². The highest BCUT2D eigenvalue weighted by Crippen LogP contribution is 2.17. The number of methoxy groups -OCH3 is 1. The van der Waals surface area contributed by atoms with Crippen LogP contribution in [0, 0.1) is 5.92 Å². The van der Waals surface area contributed by atoms with Crippen LogP contribution in [0.3, 0.4) is 0 Å². The van der Waals surface area contributed by atoms with Gasteiger partial charge in [0.05, 0.1) is 7.11 Å². The number of halogens is 1. The first-order chi connectivity index (χ1) is 9.79. The van der Waals surface area contributed by atoms with Crippen molar-refractivity contribution >= 4 is 18.3 Å². The average Bonchev–Trinajstić information content (AvgIpc) is 2.99. The Hall–Kier alpha value is -1.26. The molecule has 2 N–H and O–H groups in total. The summed E-state index contributed by atoms with van der Waals surface area (Å²) in [6.45, 7) is 2.83. The predicted molar refractivity (Wildman–Crippen MR) is 87.2 cm³/mol. The van der Waals surface area contributed by atoms with Gasteiger partial charge in [0.1, 0.15) is 5.75 Å². The summed E-state index contributed by atoms with van der Waals surface area (Å²) in [5.74, 6) is 1.72. The topological polar surface area (TPSA) is 50.4 Å². The van der Waals surface area contributed by atoms with E-state index < -0.39 is 0 Å². The molecule has 1 aromatic rings. The Morgan fingerprint density at radius 3 is 2.95 bits per heavy atom. The van der Waals surface area contributed by atoms with Crippen LogP contribution in [0.5, 0.6) is 5.75 Å². The van der Waals surface area contributed by atoms with Gasteiger partial charge in [-0.15, -0.1) is 12.4 Å². The molecule has 0 saturated carbocycles. The van der Waals surface area contributed by atoms with Crippen molar-refractivity contribution in [3.05, 3.63) is 29.8 Å². The van der Waals surface area contributed by atoms with Crippen LogP contribution in [-0.4, -0.2) is 32.7 Å². The summed E-state index contributed by atoms with van der Waals surface area (Å²) in [4.78, 5) is 11.8. The number of amides is 1. The molecule has 1 heterocycles. The zero-order valence-corrected chi connectivity index (χ0v) is 13.4. The molecule has 1 unspecified atom stereocenters. The molecule has 21 heavy (non-hydrogen) atoms. The molecule has 0 bridgehead atoms. The number of carbonyl (C=O) groups is 1. The lowest BCUT2D eigenvalue weighted by molar-refractivity contribution is -0.121. The van der Waals surface area contributed by atoms with Crippen molar-refractivity contribution in [1.29, 1.82) is 0 Å². The van der Waals surface area contributed by atoms with Gasteiger partial charge in [0.2, 0.25) is 5.91 Å². The number of benzene rings is 1. The smallest absolute Gasteiger partial charge is 0.220 e. The third-order valence-corrected chi connectivity index (χ3v) is 3.85. The average molecular weight is 313 g/mol. The Bertz CT molecular complexity index is 434. The Kier molecular flexibility index (Phi) is 8.16. The molecule has 1 aliphatic heterocycles. The Morgan fingerprint density at radius 1 is 1.43 bits per heavy atom. The lowest BCUT2D eigenvalue weighted by Crippen LogP contribution is -2.26. The Balaban J connectivity index is 0.00000220. The van der Waals surface area contributed by atoms with Crippen molar-refractivity contribution < 1.29 is 9.53 Å². The molecule has 0 radical (unpaired) electrons. The van der Waals surface area contributed by atoms with E-state index in [-0.39, 0.29) is 18.3 Å². The molecule has 0 spiro atoms. The minimum atomic E-state index is 0. The van der Waals surface area contributed by atoms with Crippen molar-refractivity contribution in [1.82, 2.24) is 10.6 Å². The van der Waals surface area contributed by atoms with Gasteiger partial charge in [-0.1, -0.05) is 18.2 Å². The van der Waals surface area contributed by atoms with Gasteiger partial charge in [0.15, 0.2) is 0 Å². The largest absolute Gasteiger partial charge is 0.496 e. The third-order valence-electron chi connectivity index (χ3n) is 3.85. The number of ether oxygens (including phenoxy) is 1. The van der Waals surface area contributed by atoms with Gasteiger partial charge in [-0.25, -0.2) is 0 Å². The molecule has 1 fully saturated rings. The highest BCUT2D eigenvalue weighted by molar-refractivity contribution is 5.85. The van der Waals surface area contributed by atoms with Crippen LogP contribution in [0.25, 0.3) is 0 Å². The molecular weight excluding hydrogens is 288 g/mol. The second kappa shape index (κ2) is 9.64. The van der Waals surface area contributed by atoms with Gasteiger partial charge in [0, 0.05) is 13.0 Å². The van der Waals surface area contributed by atoms with E-state index in [4.69, 9.17) is 4.74 Å². The number of para-hydroxylation sites is 1. The number of carbonyl (C=O) groups excluding carboxylic acids is 1. The van der Waals surface area contributed by atoms with E-state index in [0.29, 0.717) is 18.9 Å². The van der Waals surface area contributed by atoms with Gasteiger partial charge in [-0.05, 0) is 49.9 Å². The maximum atomic E-state index is 11.8. The van der Waals surface area contributed by atoms with E-state index in [0.717, 1.165) is 37.2 Å². The highest BCUT2D eigenvalue weighted by atomic mass is 35.5. The van der Waals surface area contributed by atoms with Crippen molar-refractivity contribution in [2.24, 2.45) is 5.92 Å². The lowest BCUT2D eigenvalue weighted by Gasteiger charge is -2.10. The molecule has 1 atom stereocenters. The fraction of sp³-hybridized carbons (Fsp3) is 0.562. The van der Waals surface area contributed by atoms with Gasteiger partial charge < -0.3 is 15.4 Å². The second-order valence-corrected chi connectivity index (χ2v) is 5.31. The molecule has 1 aliphatic rings. The summed E-state index contributed by atoms with van der Waals surface area (Å²) in [5, 5.41) is 6.32. The lowest BCUT2D eigenvalue weighted by atomic mass is 10.0. The minimum absolute atomic E-state index is 0. The second-order valence-electron chi connectivity index (χ2n) is 5.31. The van der Waals surface area contributed by atoms with Crippen LogP contribution in [0.15, 0.2) is 24.3 Å². The van der Waals surface area contributed by atoms with Crippen molar-refractivity contribution in [2.75, 3.05) is 26.7 Å². The summed E-state index contributed by atoms with van der Waals surface area (Å²) in [6, 6.07) is 7.93. The molecule has 1 saturated heterocycles. The van der Waals surface area contributed by atoms with Crippen LogP contribution in [0.2, 0.25) is 0 Å². The third kappa shape index (κ3) is 5.94. The zero-order chi connectivity index (χ0) is 14.2. The van der Waals surface area contributed by atoms with E-state index in [2.05, 4.69) is 10.6 Å². The summed E-state index contributed by atoms with van der Waals surface area (Å²) < 4.78 is 5.30. The zero-order valence-electron chi connectivity index (χ0n) is 12.6. The Labute approximate surface area is 133 Å². The Morgan fingerprint density at radius 2 is 2.24 bits per heavy atom. The van der Waals surface area contributed by atoms with Crippen molar-refractivity contribution in [3.8, 4) is 5.75 Å². The minimum Gasteiger partial charge on any atom is -0.496 e. The molecule has 0 aromatic heterocycles. The number of rotatable bonds is 7. The monoisotopic (exact) mass is 312 g/mol. The normalized spacial score (nSPS) is 17.1. The van der Waals surface area contributed by atoms with E-state index >= 15 is 0 Å². The quantitative estimate of drug-likeness (QED) is 0.811. The van der Waals surface area contributed by atoms with Crippen LogP contribution < -0.4 is 15.4 Å². The van der Waals surface area contributed by atoms with E-state index in [9.17, 15) is 4.79 Å². The molecule has 4 nitrogen and oxygen atoms in total. The molecule has 0 aliphatic carbocycles. The number of nitrogens with one attached hydrogen (secondary N) is 2. The van der Waals surface area contributed by atoms with Gasteiger partial charge in [-0.3, -0.25) is 4.79 Å². The van der Waals surface area contributed by atoms with Crippen molar-refractivity contribution in [2.45, 2.75) is 25.7 Å². The molecule has 118 valence electrons. The number of hydrogen-bond acceptors (Lipinski definition) is 3. The summed E-state index contributed by atoms with van der Waals surface area (Å²) in [5.41, 5.74) is 1.13. The standard InChI is InChI=1S/C16H24N2O2.ClH/c1-20-15-5-3-2-4-14(15)9-11-18-16(19)7-6-13-8-10-17-12-13;/h2-5,13,17H,6-12H2,1H3,(H,18,19);1H. The first kappa shape index (κ1) is 17.8. The summed E-state index contributed by atoms with van der Waals surface area (Å²) >= 11 is 0. The summed E-state index contributed by atoms with van der Waals surface area (Å²) in [6.07, 6.45) is 3.64. The first-order valence-corrected chi connectivity index (χ1v) is 7.39. The molecule has 2 rings (SSSR count). The SMILES string of the molecule is COc1ccccc1CCNC(=O)CCC1CCNC1.Cl. The van der Waals surface area contributed by atoms with Crippen LogP contribution >= 0.6 is 12.4 Å². The number of hydrogen-bond donors (Lipinski definition) is 2. The maximum absolute atomic E-state index is 11.8. The molecule has 5 heteroatoms. The van der Waals surface area contributed by atoms with E-state index in [1.807, 2.05) is 24.3 Å². The first-order valence-electron chi connectivity index (χ1n) is 7.39. The predicted octanol–water partition coefficient (Wildman–Crippen LogP) is 2.17. The fourth-order valence-corrected chi connectivity index (χ4v) is 2.63. The maximum Gasteiger partial charge on any atom is 0.220 e.